The van der Waals surface area contributed by atoms with Crippen LogP contribution >= 0.6 is 7.60 Å². The molecule has 0 radical (unpaired) electrons. The van der Waals surface area contributed by atoms with Crippen molar-refractivity contribution in [2.45, 2.75) is 0 Å². The smallest absolute Gasteiger partial charge is 0.321 e. The third kappa shape index (κ3) is 3.20. The molecule has 0 fully saturated rings. The Labute approximate surface area is 114 Å². The molecule has 0 aliphatic carbocycles. The number of hydrogen-bond acceptors (Lipinski definition) is 1. The molecule has 2 rings (SSSR count). The van der Waals surface area contributed by atoms with Crippen LogP contribution in [0.3, 0.4) is 0 Å². The maximum atomic E-state index is 13.7. The zero-order valence-corrected chi connectivity index (χ0v) is 11.1. The number of benzene rings is 2. The van der Waals surface area contributed by atoms with E-state index in [4.69, 9.17) is 0 Å². The second kappa shape index (κ2) is 5.67. The lowest BCUT2D eigenvalue weighted by Gasteiger charge is -2.11. The molecule has 2 N–H and O–H groups in total. The summed E-state index contributed by atoms with van der Waals surface area (Å²) < 4.78 is 38.8. The van der Waals surface area contributed by atoms with Crippen molar-refractivity contribution >= 4 is 19.0 Å². The Morgan fingerprint density at radius 2 is 1.50 bits per heavy atom. The van der Waals surface area contributed by atoms with Crippen LogP contribution in [-0.4, -0.2) is 9.79 Å². The summed E-state index contributed by atoms with van der Waals surface area (Å²) in [5.74, 6) is -1.42. The highest BCUT2D eigenvalue weighted by Crippen LogP contribution is 2.52. The lowest BCUT2D eigenvalue weighted by molar-refractivity contribution is 0.388. The van der Waals surface area contributed by atoms with Crippen LogP contribution in [0.1, 0.15) is 11.1 Å². The topological polar surface area (TPSA) is 57.5 Å². The van der Waals surface area contributed by atoms with Gasteiger partial charge in [-0.2, -0.15) is 0 Å². The van der Waals surface area contributed by atoms with Gasteiger partial charge < -0.3 is 9.79 Å². The van der Waals surface area contributed by atoms with Crippen LogP contribution < -0.4 is 0 Å². The summed E-state index contributed by atoms with van der Waals surface area (Å²) in [6.45, 7) is 0. The molecule has 0 spiro atoms. The minimum absolute atomic E-state index is 0.0194. The van der Waals surface area contributed by atoms with Crippen molar-refractivity contribution in [3.63, 3.8) is 0 Å². The van der Waals surface area contributed by atoms with Crippen molar-refractivity contribution in [1.82, 2.24) is 0 Å². The monoisotopic (exact) mass is 296 g/mol. The number of halogens is 2. The maximum Gasteiger partial charge on any atom is 0.356 e. The molecule has 6 heteroatoms. The Kier molecular flexibility index (Phi) is 4.14. The van der Waals surface area contributed by atoms with Gasteiger partial charge in [-0.25, -0.2) is 8.78 Å². The van der Waals surface area contributed by atoms with E-state index in [1.807, 2.05) is 0 Å². The summed E-state index contributed by atoms with van der Waals surface area (Å²) in [6, 6.07) is 10.7. The molecular formula is C14H11F2O3P. The summed E-state index contributed by atoms with van der Waals surface area (Å²) in [5.41, 5.74) is -0.266. The third-order valence-electron chi connectivity index (χ3n) is 2.66. The van der Waals surface area contributed by atoms with Crippen LogP contribution in [-0.2, 0) is 4.57 Å². The molecule has 0 atom stereocenters. The average molecular weight is 296 g/mol. The lowest BCUT2D eigenvalue weighted by atomic mass is 10.1. The highest BCUT2D eigenvalue weighted by molar-refractivity contribution is 7.63. The largest absolute Gasteiger partial charge is 0.356 e. The van der Waals surface area contributed by atoms with Crippen LogP contribution in [0.15, 0.2) is 48.5 Å². The van der Waals surface area contributed by atoms with E-state index < -0.39 is 24.5 Å². The van der Waals surface area contributed by atoms with Gasteiger partial charge in [0.2, 0.25) is 0 Å². The standard InChI is InChI=1S/C14H11F2O3P/c15-12-7-3-1-5-10(12)9-14(20(17,18)19)11-6-2-4-8-13(11)16/h1-9H,(H2,17,18,19)/b14-9-. The zero-order chi connectivity index (χ0) is 14.8. The van der Waals surface area contributed by atoms with Gasteiger partial charge in [-0.15, -0.1) is 0 Å². The first-order valence-electron chi connectivity index (χ1n) is 5.67. The van der Waals surface area contributed by atoms with Crippen molar-refractivity contribution in [2.24, 2.45) is 0 Å². The molecule has 2 aromatic carbocycles. The molecule has 0 saturated carbocycles. The van der Waals surface area contributed by atoms with Crippen LogP contribution in [0.5, 0.6) is 0 Å². The Balaban J connectivity index is 2.65. The van der Waals surface area contributed by atoms with Gasteiger partial charge >= 0.3 is 7.60 Å². The third-order valence-corrected chi connectivity index (χ3v) is 3.66. The molecule has 0 saturated heterocycles. The van der Waals surface area contributed by atoms with Crippen molar-refractivity contribution in [3.8, 4) is 0 Å². The first-order valence-corrected chi connectivity index (χ1v) is 7.28. The van der Waals surface area contributed by atoms with E-state index in [-0.39, 0.29) is 11.1 Å². The highest BCUT2D eigenvalue weighted by atomic mass is 31.2. The minimum Gasteiger partial charge on any atom is -0.321 e. The molecule has 0 aliphatic rings. The van der Waals surface area contributed by atoms with Crippen molar-refractivity contribution in [1.29, 1.82) is 0 Å². The molecule has 0 unspecified atom stereocenters. The first kappa shape index (κ1) is 14.6. The molecule has 0 amide bonds. The predicted molar refractivity (Wildman–Crippen MR) is 72.7 cm³/mol. The van der Waals surface area contributed by atoms with E-state index in [9.17, 15) is 23.1 Å². The predicted octanol–water partition coefficient (Wildman–Crippen LogP) is 3.64. The van der Waals surface area contributed by atoms with E-state index in [0.717, 1.165) is 18.2 Å². The molecular weight excluding hydrogens is 285 g/mol. The highest BCUT2D eigenvalue weighted by Gasteiger charge is 2.25. The fourth-order valence-electron chi connectivity index (χ4n) is 1.73. The molecule has 0 heterocycles. The van der Waals surface area contributed by atoms with Crippen LogP contribution in [0.25, 0.3) is 11.4 Å². The molecule has 0 aromatic heterocycles. The van der Waals surface area contributed by atoms with Crippen LogP contribution in [0.2, 0.25) is 0 Å². The van der Waals surface area contributed by atoms with Gasteiger partial charge in [-0.3, -0.25) is 4.57 Å². The Bertz CT molecular complexity index is 707. The van der Waals surface area contributed by atoms with Crippen molar-refractivity contribution in [3.05, 3.63) is 71.3 Å². The normalized spacial score (nSPS) is 12.5. The van der Waals surface area contributed by atoms with E-state index in [1.165, 1.54) is 36.4 Å². The fourth-order valence-corrected chi connectivity index (χ4v) is 2.53. The van der Waals surface area contributed by atoms with Gasteiger partial charge in [-0.1, -0.05) is 36.4 Å². The van der Waals surface area contributed by atoms with Crippen molar-refractivity contribution < 1.29 is 23.1 Å². The van der Waals surface area contributed by atoms with Crippen molar-refractivity contribution in [2.75, 3.05) is 0 Å². The molecule has 104 valence electrons. The van der Waals surface area contributed by atoms with E-state index >= 15 is 0 Å². The second-order valence-corrected chi connectivity index (χ2v) is 5.64. The molecule has 3 nitrogen and oxygen atoms in total. The second-order valence-electron chi connectivity index (χ2n) is 4.07. The molecule has 2 aromatic rings. The number of rotatable bonds is 3. The van der Waals surface area contributed by atoms with Gasteiger partial charge in [0.25, 0.3) is 0 Å². The minimum atomic E-state index is -4.76. The molecule has 0 aliphatic heterocycles. The quantitative estimate of drug-likeness (QED) is 0.671. The Morgan fingerprint density at radius 1 is 0.950 bits per heavy atom. The van der Waals surface area contributed by atoms with Gasteiger partial charge in [0.15, 0.2) is 0 Å². The summed E-state index contributed by atoms with van der Waals surface area (Å²) in [6.07, 6.45) is 0.967. The molecule has 0 bridgehead atoms. The summed E-state index contributed by atoms with van der Waals surface area (Å²) in [5, 5.41) is -0.555. The van der Waals surface area contributed by atoms with Crippen LogP contribution in [0.4, 0.5) is 8.78 Å². The first-order chi connectivity index (χ1) is 9.39. The Hall–Kier alpha value is -1.81. The van der Waals surface area contributed by atoms with E-state index in [2.05, 4.69) is 0 Å². The lowest BCUT2D eigenvalue weighted by Crippen LogP contribution is -1.92. The summed E-state index contributed by atoms with van der Waals surface area (Å²) >= 11 is 0. The number of hydrogen-bond donors (Lipinski definition) is 2. The summed E-state index contributed by atoms with van der Waals surface area (Å²) in [7, 11) is -4.76. The SMILES string of the molecule is O=P(O)(O)/C(=C\c1ccccc1F)c1ccccc1F. The van der Waals surface area contributed by atoms with Crippen LogP contribution in [0, 0.1) is 11.6 Å². The fraction of sp³-hybridized carbons (Fsp3) is 0. The van der Waals surface area contributed by atoms with E-state index in [1.54, 1.807) is 0 Å². The zero-order valence-electron chi connectivity index (χ0n) is 10.2. The Morgan fingerprint density at radius 3 is 2.05 bits per heavy atom. The van der Waals surface area contributed by atoms with Gasteiger partial charge in [-0.05, 0) is 18.2 Å². The maximum absolute atomic E-state index is 13.7. The van der Waals surface area contributed by atoms with Gasteiger partial charge in [0.05, 0.1) is 5.31 Å². The summed E-state index contributed by atoms with van der Waals surface area (Å²) in [4.78, 5) is 18.7. The molecule has 20 heavy (non-hydrogen) atoms. The van der Waals surface area contributed by atoms with Gasteiger partial charge in [0, 0.05) is 11.1 Å². The van der Waals surface area contributed by atoms with E-state index in [0.29, 0.717) is 0 Å². The average Bonchev–Trinajstić information content (AvgIpc) is 2.38. The van der Waals surface area contributed by atoms with Gasteiger partial charge in [0.1, 0.15) is 11.6 Å².